The molecule has 0 aromatic carbocycles. The van der Waals surface area contributed by atoms with Crippen molar-refractivity contribution in [3.05, 3.63) is 39.3 Å². The molecule has 2 aromatic rings. The molecule has 2 aromatic heterocycles. The molecule has 3 heterocycles. The zero-order chi connectivity index (χ0) is 27.1. The average Bonchev–Trinajstić information content (AvgIpc) is 3.31. The van der Waals surface area contributed by atoms with Gasteiger partial charge in [-0.2, -0.15) is 31.4 Å². The number of thiophene rings is 1. The molecule has 0 spiro atoms. The molecule has 0 radical (unpaired) electrons. The van der Waals surface area contributed by atoms with Crippen molar-refractivity contribution in [2.45, 2.75) is 57.7 Å². The number of hydrogen-bond acceptors (Lipinski definition) is 6. The summed E-state index contributed by atoms with van der Waals surface area (Å²) in [5.74, 6) is -4.65. The maximum absolute atomic E-state index is 10.6. The van der Waals surface area contributed by atoms with E-state index in [2.05, 4.69) is 35.3 Å². The highest BCUT2D eigenvalue weighted by Gasteiger charge is 2.38. The van der Waals surface area contributed by atoms with Gasteiger partial charge in [0, 0.05) is 35.6 Å². The van der Waals surface area contributed by atoms with Gasteiger partial charge in [0.2, 0.25) is 0 Å². The summed E-state index contributed by atoms with van der Waals surface area (Å²) in [4.78, 5) is 20.5. The zero-order valence-electron chi connectivity index (χ0n) is 19.0. The molecule has 1 saturated carbocycles. The lowest BCUT2D eigenvalue weighted by Crippen LogP contribution is -2.27. The topological polar surface area (TPSA) is 114 Å². The monoisotopic (exact) mass is 545 g/mol. The van der Waals surface area contributed by atoms with Crippen LogP contribution in [-0.4, -0.2) is 57.4 Å². The number of rotatable bonds is 6. The first-order valence-corrected chi connectivity index (χ1v) is 11.5. The number of alkyl halides is 6. The Morgan fingerprint density at radius 2 is 1.72 bits per heavy atom. The first-order valence-electron chi connectivity index (χ1n) is 10.7. The van der Waals surface area contributed by atoms with E-state index in [1.807, 2.05) is 11.3 Å². The number of aliphatic carboxylic acids is 2. The lowest BCUT2D eigenvalue weighted by Gasteiger charge is -2.22. The summed E-state index contributed by atoms with van der Waals surface area (Å²) in [5.41, 5.74) is 2.53. The highest BCUT2D eigenvalue weighted by molar-refractivity contribution is 7.11. The van der Waals surface area contributed by atoms with Gasteiger partial charge in [0.05, 0.1) is 12.3 Å². The van der Waals surface area contributed by atoms with Crippen LogP contribution in [0.25, 0.3) is 0 Å². The molecule has 8 nitrogen and oxygen atoms in total. The average molecular weight is 546 g/mol. The lowest BCUT2D eigenvalue weighted by molar-refractivity contribution is -0.193. The fourth-order valence-electron chi connectivity index (χ4n) is 3.05. The van der Waals surface area contributed by atoms with Crippen LogP contribution in [0.5, 0.6) is 0 Å². The summed E-state index contributed by atoms with van der Waals surface area (Å²) in [6.07, 6.45) is -4.09. The van der Waals surface area contributed by atoms with Crippen molar-refractivity contribution in [1.82, 2.24) is 15.1 Å². The lowest BCUT2D eigenvalue weighted by atomic mass is 10.1. The Kier molecular flexibility index (Phi) is 10.3. The van der Waals surface area contributed by atoms with Gasteiger partial charge < -0.3 is 20.3 Å². The van der Waals surface area contributed by atoms with Crippen LogP contribution in [-0.2, 0) is 33.8 Å². The molecule has 1 atom stereocenters. The van der Waals surface area contributed by atoms with Gasteiger partial charge in [-0.3, -0.25) is 4.68 Å². The number of carboxylic acids is 2. The van der Waals surface area contributed by atoms with E-state index in [0.717, 1.165) is 44.3 Å². The van der Waals surface area contributed by atoms with E-state index < -0.39 is 24.3 Å². The maximum atomic E-state index is 10.6. The number of aromatic nitrogens is 2. The van der Waals surface area contributed by atoms with Gasteiger partial charge in [-0.05, 0) is 49.8 Å². The Morgan fingerprint density at radius 1 is 1.14 bits per heavy atom. The molecular formula is C21H25F6N3O5S. The minimum absolute atomic E-state index is 0.102. The first kappa shape index (κ1) is 29.6. The molecule has 0 saturated heterocycles. The molecule has 0 bridgehead atoms. The van der Waals surface area contributed by atoms with E-state index in [-0.39, 0.29) is 6.10 Å². The highest BCUT2D eigenvalue weighted by atomic mass is 32.1. The van der Waals surface area contributed by atoms with E-state index in [9.17, 15) is 26.3 Å². The second-order valence-corrected chi connectivity index (χ2v) is 9.44. The van der Waals surface area contributed by atoms with Gasteiger partial charge >= 0.3 is 24.3 Å². The summed E-state index contributed by atoms with van der Waals surface area (Å²) >= 11 is 1.85. The summed E-state index contributed by atoms with van der Waals surface area (Å²) < 4.78 is 71.6. The molecular weight excluding hydrogens is 520 g/mol. The number of carbonyl (C=O) groups is 2. The van der Waals surface area contributed by atoms with Crippen molar-refractivity contribution in [2.75, 3.05) is 13.2 Å². The van der Waals surface area contributed by atoms with Crippen LogP contribution in [0.1, 0.15) is 40.0 Å². The fourth-order valence-corrected chi connectivity index (χ4v) is 3.91. The Morgan fingerprint density at radius 3 is 2.19 bits per heavy atom. The third-order valence-electron chi connectivity index (χ3n) is 4.92. The van der Waals surface area contributed by atoms with Gasteiger partial charge in [-0.25, -0.2) is 9.59 Å². The molecule has 1 aliphatic carbocycles. The van der Waals surface area contributed by atoms with Crippen LogP contribution in [0.4, 0.5) is 26.3 Å². The number of ether oxygens (including phenoxy) is 1. The van der Waals surface area contributed by atoms with E-state index in [1.54, 1.807) is 0 Å². The SMILES string of the molecule is Cc1ccc(CNCC2OCCc3cn(CC4CC4)nc32)s1.O=C(O)C(F)(F)F.O=C(O)C(F)(F)F. The summed E-state index contributed by atoms with van der Waals surface area (Å²) in [6.45, 7) is 5.80. The molecule has 2 aliphatic rings. The van der Waals surface area contributed by atoms with Crippen LogP contribution >= 0.6 is 11.3 Å². The van der Waals surface area contributed by atoms with Crippen molar-refractivity contribution in [3.63, 3.8) is 0 Å². The zero-order valence-corrected chi connectivity index (χ0v) is 19.8. The number of aryl methyl sites for hydroxylation is 1. The summed E-state index contributed by atoms with van der Waals surface area (Å²) in [7, 11) is 0. The Hall–Kier alpha value is -2.65. The van der Waals surface area contributed by atoms with Gasteiger partial charge in [0.25, 0.3) is 0 Å². The van der Waals surface area contributed by atoms with Crippen LogP contribution < -0.4 is 5.32 Å². The predicted molar refractivity (Wildman–Crippen MR) is 115 cm³/mol. The van der Waals surface area contributed by atoms with Crippen molar-refractivity contribution in [2.24, 2.45) is 5.92 Å². The van der Waals surface area contributed by atoms with E-state index in [0.29, 0.717) is 0 Å². The standard InChI is InChI=1S/C17H23N3OS.2C2HF3O2/c1-12-2-5-15(22-12)8-18-9-16-17-14(6-7-21-16)11-20(19-17)10-13-3-4-13;2*3-2(4,5)1(6)7/h2,5,11,13,16,18H,3-4,6-10H2,1H3;2*(H,6,7). The second kappa shape index (κ2) is 12.5. The van der Waals surface area contributed by atoms with Crippen LogP contribution in [0, 0.1) is 12.8 Å². The third-order valence-corrected chi connectivity index (χ3v) is 5.92. The van der Waals surface area contributed by atoms with Gasteiger partial charge in [0.15, 0.2) is 0 Å². The smallest absolute Gasteiger partial charge is 0.475 e. The van der Waals surface area contributed by atoms with E-state index >= 15 is 0 Å². The second-order valence-electron chi connectivity index (χ2n) is 8.06. The Labute approximate surface area is 205 Å². The Balaban J connectivity index is 0.000000271. The van der Waals surface area contributed by atoms with Gasteiger partial charge in [-0.1, -0.05) is 0 Å². The highest BCUT2D eigenvalue weighted by Crippen LogP contribution is 2.32. The largest absolute Gasteiger partial charge is 0.490 e. The normalized spacial score (nSPS) is 17.2. The molecule has 36 heavy (non-hydrogen) atoms. The molecule has 1 unspecified atom stereocenters. The molecule has 15 heteroatoms. The van der Waals surface area contributed by atoms with E-state index in [1.165, 1.54) is 28.2 Å². The summed E-state index contributed by atoms with van der Waals surface area (Å²) in [6, 6.07) is 4.38. The number of nitrogens with one attached hydrogen (secondary N) is 1. The number of hydrogen-bond donors (Lipinski definition) is 3. The molecule has 1 fully saturated rings. The van der Waals surface area contributed by atoms with Crippen LogP contribution in [0.3, 0.4) is 0 Å². The van der Waals surface area contributed by atoms with Gasteiger partial charge in [-0.15, -0.1) is 11.3 Å². The number of fused-ring (bicyclic) bond motifs is 1. The predicted octanol–water partition coefficient (Wildman–Crippen LogP) is 4.33. The van der Waals surface area contributed by atoms with Crippen LogP contribution in [0.2, 0.25) is 0 Å². The molecule has 1 aliphatic heterocycles. The van der Waals surface area contributed by atoms with Crippen molar-refractivity contribution in [3.8, 4) is 0 Å². The minimum Gasteiger partial charge on any atom is -0.475 e. The van der Waals surface area contributed by atoms with Crippen molar-refractivity contribution >= 4 is 23.3 Å². The number of halogens is 6. The molecule has 0 amide bonds. The van der Waals surface area contributed by atoms with Crippen molar-refractivity contribution in [1.29, 1.82) is 0 Å². The maximum Gasteiger partial charge on any atom is 0.490 e. The third kappa shape index (κ3) is 10.1. The quantitative estimate of drug-likeness (QED) is 0.463. The molecule has 202 valence electrons. The minimum atomic E-state index is -5.08. The fraction of sp³-hybridized carbons (Fsp3) is 0.571. The molecule has 4 rings (SSSR count). The Bertz CT molecular complexity index is 993. The number of carboxylic acid groups (broad SMARTS) is 2. The van der Waals surface area contributed by atoms with E-state index in [4.69, 9.17) is 29.6 Å². The summed E-state index contributed by atoms with van der Waals surface area (Å²) in [5, 5.41) is 22.6. The molecule has 3 N–H and O–H groups in total. The van der Waals surface area contributed by atoms with Crippen molar-refractivity contribution < 1.29 is 50.9 Å². The van der Waals surface area contributed by atoms with Crippen LogP contribution in [0.15, 0.2) is 18.3 Å². The number of nitrogens with zero attached hydrogens (tertiary/aromatic N) is 2. The first-order chi connectivity index (χ1) is 16.7. The van der Waals surface area contributed by atoms with Gasteiger partial charge in [0.1, 0.15) is 6.10 Å².